The van der Waals surface area contributed by atoms with Gasteiger partial charge in [0.2, 0.25) is 5.88 Å². The molecule has 1 aromatic carbocycles. The topological polar surface area (TPSA) is 98.5 Å². The molecule has 0 aliphatic rings. The van der Waals surface area contributed by atoms with E-state index in [1.807, 2.05) is 16.8 Å². The fourth-order valence-corrected chi connectivity index (χ4v) is 3.86. The van der Waals surface area contributed by atoms with Gasteiger partial charge in [-0.3, -0.25) is 0 Å². The summed E-state index contributed by atoms with van der Waals surface area (Å²) in [5.41, 5.74) is 1.27. The number of anilines is 1. The normalized spacial score (nSPS) is 11.2. The number of hydrogen-bond donors (Lipinski definition) is 1. The van der Waals surface area contributed by atoms with Crippen LogP contribution in [0.4, 0.5) is 5.88 Å². The lowest BCUT2D eigenvalue weighted by molar-refractivity contribution is 0.0596. The first-order valence-electron chi connectivity index (χ1n) is 6.71. The monoisotopic (exact) mass is 364 g/mol. The molecule has 0 aliphatic carbocycles. The molecule has 0 aliphatic heterocycles. The molecule has 0 bridgehead atoms. The van der Waals surface area contributed by atoms with E-state index in [0.717, 1.165) is 5.56 Å². The number of benzene rings is 1. The minimum Gasteiger partial charge on any atom is -0.465 e. The molecule has 0 unspecified atom stereocenters. The average Bonchev–Trinajstić information content (AvgIpc) is 3.25. The van der Waals surface area contributed by atoms with E-state index in [2.05, 4.69) is 14.6 Å². The lowest BCUT2D eigenvalue weighted by Gasteiger charge is -2.08. The highest BCUT2D eigenvalue weighted by Crippen LogP contribution is 2.26. The van der Waals surface area contributed by atoms with Gasteiger partial charge in [-0.15, -0.1) is 0 Å². The predicted octanol–water partition coefficient (Wildman–Crippen LogP) is 2.99. The van der Waals surface area contributed by atoms with Crippen molar-refractivity contribution in [1.82, 2.24) is 5.16 Å². The number of carbonyl (C=O) groups excluding carboxylic acids is 1. The fraction of sp³-hybridized carbons (Fsp3) is 0.0667. The Morgan fingerprint density at radius 3 is 2.79 bits per heavy atom. The second-order valence-electron chi connectivity index (χ2n) is 4.68. The van der Waals surface area contributed by atoms with Crippen LogP contribution in [0.25, 0.3) is 11.3 Å². The van der Waals surface area contributed by atoms with Gasteiger partial charge in [-0.1, -0.05) is 17.3 Å². The fourth-order valence-electron chi connectivity index (χ4n) is 2.04. The predicted molar refractivity (Wildman–Crippen MR) is 88.4 cm³/mol. The SMILES string of the molecule is COC(=O)c1ccccc1S(=O)(=O)Nc1cc(-c2ccsc2)no1. The van der Waals surface area contributed by atoms with E-state index < -0.39 is 16.0 Å². The Hall–Kier alpha value is -2.65. The van der Waals surface area contributed by atoms with Crippen LogP contribution in [0, 0.1) is 0 Å². The Morgan fingerprint density at radius 2 is 2.08 bits per heavy atom. The molecule has 1 N–H and O–H groups in total. The molecule has 2 aromatic heterocycles. The number of aromatic nitrogens is 1. The summed E-state index contributed by atoms with van der Waals surface area (Å²) in [6, 6.07) is 9.06. The van der Waals surface area contributed by atoms with Gasteiger partial charge in [0.05, 0.1) is 12.7 Å². The van der Waals surface area contributed by atoms with Crippen LogP contribution in [0.2, 0.25) is 0 Å². The van der Waals surface area contributed by atoms with Gasteiger partial charge in [0.15, 0.2) is 0 Å². The zero-order valence-electron chi connectivity index (χ0n) is 12.4. The minimum absolute atomic E-state index is 0.0455. The van der Waals surface area contributed by atoms with E-state index in [4.69, 9.17) is 4.52 Å². The summed E-state index contributed by atoms with van der Waals surface area (Å²) in [5, 5.41) is 7.56. The number of methoxy groups -OCH3 is 1. The number of nitrogens with one attached hydrogen (secondary N) is 1. The molecule has 0 saturated carbocycles. The summed E-state index contributed by atoms with van der Waals surface area (Å²) in [7, 11) is -2.85. The molecule has 3 rings (SSSR count). The van der Waals surface area contributed by atoms with Crippen LogP contribution in [0.3, 0.4) is 0 Å². The molecular formula is C15H12N2O5S2. The second kappa shape index (κ2) is 6.46. The molecule has 9 heteroatoms. The average molecular weight is 364 g/mol. The lowest BCUT2D eigenvalue weighted by Crippen LogP contribution is -2.17. The van der Waals surface area contributed by atoms with E-state index in [-0.39, 0.29) is 16.3 Å². The van der Waals surface area contributed by atoms with Crippen LogP contribution in [-0.4, -0.2) is 26.7 Å². The van der Waals surface area contributed by atoms with Gasteiger partial charge in [-0.25, -0.2) is 17.9 Å². The zero-order chi connectivity index (χ0) is 17.2. The summed E-state index contributed by atoms with van der Waals surface area (Å²) >= 11 is 1.49. The number of hydrogen-bond acceptors (Lipinski definition) is 7. The summed E-state index contributed by atoms with van der Waals surface area (Å²) < 4.78 is 37.0. The highest BCUT2D eigenvalue weighted by atomic mass is 32.2. The minimum atomic E-state index is -4.04. The standard InChI is InChI=1S/C15H12N2O5S2/c1-21-15(18)11-4-2-3-5-13(11)24(19,20)17-14-8-12(16-22-14)10-6-7-23-9-10/h2-9,17H,1H3. The third-order valence-electron chi connectivity index (χ3n) is 3.14. The van der Waals surface area contributed by atoms with Crippen molar-refractivity contribution >= 4 is 33.2 Å². The second-order valence-corrected chi connectivity index (χ2v) is 7.11. The number of ether oxygens (including phenoxy) is 1. The first-order valence-corrected chi connectivity index (χ1v) is 9.13. The Kier molecular flexibility index (Phi) is 4.36. The molecular weight excluding hydrogens is 352 g/mol. The highest BCUT2D eigenvalue weighted by Gasteiger charge is 2.24. The van der Waals surface area contributed by atoms with Crippen molar-refractivity contribution in [3.63, 3.8) is 0 Å². The first kappa shape index (κ1) is 16.2. The molecule has 3 aromatic rings. The van der Waals surface area contributed by atoms with Gasteiger partial charge in [-0.2, -0.15) is 11.3 Å². The van der Waals surface area contributed by atoms with Crippen LogP contribution in [-0.2, 0) is 14.8 Å². The van der Waals surface area contributed by atoms with E-state index in [0.29, 0.717) is 5.69 Å². The maximum Gasteiger partial charge on any atom is 0.339 e. The van der Waals surface area contributed by atoms with Gasteiger partial charge in [0.1, 0.15) is 10.6 Å². The maximum atomic E-state index is 12.5. The van der Waals surface area contributed by atoms with Crippen molar-refractivity contribution in [2.75, 3.05) is 11.8 Å². The molecule has 2 heterocycles. The molecule has 0 atom stereocenters. The summed E-state index contributed by atoms with van der Waals surface area (Å²) in [5.74, 6) is -0.789. The van der Waals surface area contributed by atoms with Crippen LogP contribution >= 0.6 is 11.3 Å². The highest BCUT2D eigenvalue weighted by molar-refractivity contribution is 7.92. The van der Waals surface area contributed by atoms with Crippen LogP contribution in [0.1, 0.15) is 10.4 Å². The van der Waals surface area contributed by atoms with Crippen LogP contribution in [0.15, 0.2) is 56.6 Å². The third kappa shape index (κ3) is 3.17. The number of carbonyl (C=O) groups is 1. The van der Waals surface area contributed by atoms with Crippen molar-refractivity contribution in [1.29, 1.82) is 0 Å². The molecule has 0 saturated heterocycles. The van der Waals surface area contributed by atoms with Gasteiger partial charge in [-0.05, 0) is 23.6 Å². The molecule has 124 valence electrons. The lowest BCUT2D eigenvalue weighted by atomic mass is 10.2. The molecule has 24 heavy (non-hydrogen) atoms. The van der Waals surface area contributed by atoms with Crippen molar-refractivity contribution in [3.8, 4) is 11.3 Å². The summed E-state index contributed by atoms with van der Waals surface area (Å²) in [6.45, 7) is 0. The van der Waals surface area contributed by atoms with E-state index >= 15 is 0 Å². The molecule has 7 nitrogen and oxygen atoms in total. The molecule has 0 spiro atoms. The smallest absolute Gasteiger partial charge is 0.339 e. The van der Waals surface area contributed by atoms with Crippen molar-refractivity contribution < 1.29 is 22.5 Å². The molecule has 0 amide bonds. The molecule has 0 radical (unpaired) electrons. The van der Waals surface area contributed by atoms with Crippen molar-refractivity contribution in [2.45, 2.75) is 4.90 Å². The van der Waals surface area contributed by atoms with Gasteiger partial charge in [0.25, 0.3) is 10.0 Å². The first-order chi connectivity index (χ1) is 11.5. The zero-order valence-corrected chi connectivity index (χ0v) is 14.1. The van der Waals surface area contributed by atoms with E-state index in [1.54, 1.807) is 6.07 Å². The number of thiophene rings is 1. The Bertz CT molecular complexity index is 961. The largest absolute Gasteiger partial charge is 0.465 e. The van der Waals surface area contributed by atoms with Crippen LogP contribution in [0.5, 0.6) is 0 Å². The quantitative estimate of drug-likeness (QED) is 0.699. The Labute approximate surface area is 141 Å². The third-order valence-corrected chi connectivity index (χ3v) is 5.23. The van der Waals surface area contributed by atoms with Crippen LogP contribution < -0.4 is 4.72 Å². The number of sulfonamides is 1. The van der Waals surface area contributed by atoms with Crippen molar-refractivity contribution in [3.05, 3.63) is 52.7 Å². The number of rotatable bonds is 5. The number of nitrogens with zero attached hydrogens (tertiary/aromatic N) is 1. The van der Waals surface area contributed by atoms with E-state index in [1.165, 1.54) is 42.7 Å². The summed E-state index contributed by atoms with van der Waals surface area (Å²) in [4.78, 5) is 11.5. The maximum absolute atomic E-state index is 12.5. The van der Waals surface area contributed by atoms with Gasteiger partial charge >= 0.3 is 5.97 Å². The summed E-state index contributed by atoms with van der Waals surface area (Å²) in [6.07, 6.45) is 0. The Balaban J connectivity index is 1.91. The Morgan fingerprint density at radius 1 is 1.29 bits per heavy atom. The number of esters is 1. The van der Waals surface area contributed by atoms with Crippen molar-refractivity contribution in [2.24, 2.45) is 0 Å². The van der Waals surface area contributed by atoms with Gasteiger partial charge < -0.3 is 9.26 Å². The van der Waals surface area contributed by atoms with Gasteiger partial charge in [0, 0.05) is 17.0 Å². The van der Waals surface area contributed by atoms with E-state index in [9.17, 15) is 13.2 Å². The molecule has 0 fully saturated rings.